The van der Waals surface area contributed by atoms with E-state index in [0.717, 1.165) is 17.2 Å². The van der Waals surface area contributed by atoms with Gasteiger partial charge < -0.3 is 24.4 Å². The van der Waals surface area contributed by atoms with E-state index >= 15 is 0 Å². The van der Waals surface area contributed by atoms with E-state index in [1.165, 1.54) is 30.6 Å². The smallest absolute Gasteiger partial charge is 0.407 e. The first kappa shape index (κ1) is 28.9. The maximum atomic E-state index is 14.0. The summed E-state index contributed by atoms with van der Waals surface area (Å²) in [5.41, 5.74) is 1.22. The molecular formula is C28H32F2N2O5S. The average molecular weight is 547 g/mol. The summed E-state index contributed by atoms with van der Waals surface area (Å²) in [5.74, 6) is -0.741. The van der Waals surface area contributed by atoms with Gasteiger partial charge >= 0.3 is 6.09 Å². The first-order valence-corrected chi connectivity index (χ1v) is 12.9. The highest BCUT2D eigenvalue weighted by Crippen LogP contribution is 2.30. The van der Waals surface area contributed by atoms with E-state index < -0.39 is 23.3 Å². The van der Waals surface area contributed by atoms with Crippen LogP contribution in [-0.4, -0.2) is 42.7 Å². The van der Waals surface area contributed by atoms with Crippen molar-refractivity contribution < 1.29 is 32.6 Å². The molecule has 0 aliphatic rings. The first-order chi connectivity index (χ1) is 18.0. The predicted octanol–water partition coefficient (Wildman–Crippen LogP) is 6.09. The molecule has 0 fully saturated rings. The minimum absolute atomic E-state index is 0.111. The minimum Gasteiger partial charge on any atom is -0.493 e. The number of rotatable bonds is 10. The summed E-state index contributed by atoms with van der Waals surface area (Å²) in [4.78, 5) is 27.7. The average Bonchev–Trinajstić information content (AvgIpc) is 3.27. The van der Waals surface area contributed by atoms with Crippen LogP contribution >= 0.6 is 11.3 Å². The van der Waals surface area contributed by atoms with Crippen LogP contribution in [0.25, 0.3) is 0 Å². The molecule has 1 N–H and O–H groups in total. The van der Waals surface area contributed by atoms with Crippen LogP contribution in [0.15, 0.2) is 47.8 Å². The third-order valence-corrected chi connectivity index (χ3v) is 6.40. The number of thiophene rings is 1. The molecule has 0 atom stereocenters. The van der Waals surface area contributed by atoms with Gasteiger partial charge in [-0.3, -0.25) is 4.79 Å². The Bertz CT molecular complexity index is 1270. The van der Waals surface area contributed by atoms with Crippen molar-refractivity contribution in [2.24, 2.45) is 0 Å². The van der Waals surface area contributed by atoms with E-state index in [9.17, 15) is 18.4 Å². The number of nitrogens with zero attached hydrogens (tertiary/aromatic N) is 1. The normalized spacial score (nSPS) is 11.1. The van der Waals surface area contributed by atoms with Crippen LogP contribution in [0.2, 0.25) is 0 Å². The van der Waals surface area contributed by atoms with Crippen molar-refractivity contribution in [2.45, 2.75) is 46.4 Å². The van der Waals surface area contributed by atoms with Crippen LogP contribution in [0.5, 0.6) is 11.5 Å². The second-order valence-corrected chi connectivity index (χ2v) is 10.5. The maximum absolute atomic E-state index is 14.0. The molecule has 0 radical (unpaired) electrons. The molecule has 38 heavy (non-hydrogen) atoms. The Labute approximate surface area is 225 Å². The lowest BCUT2D eigenvalue weighted by Gasteiger charge is -2.24. The SMILES string of the molecule is COc1cc(CN(CCNC(=O)OC(C)(C)C)C(=O)c2sccc2C)ccc1OCc1ccc(F)cc1F. The van der Waals surface area contributed by atoms with Crippen molar-refractivity contribution in [3.05, 3.63) is 81.0 Å². The highest BCUT2D eigenvalue weighted by atomic mass is 32.1. The quantitative estimate of drug-likeness (QED) is 0.333. The number of aryl methyl sites for hydroxylation is 1. The lowest BCUT2D eigenvalue weighted by atomic mass is 10.1. The van der Waals surface area contributed by atoms with Crippen LogP contribution in [0.4, 0.5) is 13.6 Å². The van der Waals surface area contributed by atoms with Crippen LogP contribution in [0, 0.1) is 18.6 Å². The van der Waals surface area contributed by atoms with Crippen molar-refractivity contribution in [2.75, 3.05) is 20.2 Å². The number of hydrogen-bond acceptors (Lipinski definition) is 6. The Morgan fingerprint density at radius 1 is 1.05 bits per heavy atom. The largest absolute Gasteiger partial charge is 0.493 e. The van der Waals surface area contributed by atoms with Gasteiger partial charge in [0.25, 0.3) is 5.91 Å². The number of ether oxygens (including phenoxy) is 3. The number of benzene rings is 2. The summed E-state index contributed by atoms with van der Waals surface area (Å²) in [6.07, 6.45) is -0.557. The molecule has 0 saturated heterocycles. The van der Waals surface area contributed by atoms with E-state index in [2.05, 4.69) is 5.32 Å². The van der Waals surface area contributed by atoms with Gasteiger partial charge in [0.2, 0.25) is 0 Å². The van der Waals surface area contributed by atoms with Gasteiger partial charge in [0, 0.05) is 31.3 Å². The fourth-order valence-corrected chi connectivity index (χ4v) is 4.43. The molecule has 3 rings (SSSR count). The summed E-state index contributed by atoms with van der Waals surface area (Å²) in [5, 5.41) is 4.55. The monoisotopic (exact) mass is 546 g/mol. The van der Waals surface area contributed by atoms with Crippen molar-refractivity contribution in [3.63, 3.8) is 0 Å². The molecule has 0 saturated carbocycles. The summed E-state index contributed by atoms with van der Waals surface area (Å²) in [6, 6.07) is 10.4. The number of methoxy groups -OCH3 is 1. The molecule has 0 bridgehead atoms. The molecule has 2 aromatic carbocycles. The molecule has 10 heteroatoms. The lowest BCUT2D eigenvalue weighted by molar-refractivity contribution is 0.0512. The Hall–Kier alpha value is -3.66. The Morgan fingerprint density at radius 2 is 1.82 bits per heavy atom. The van der Waals surface area contributed by atoms with E-state index in [0.29, 0.717) is 16.4 Å². The Balaban J connectivity index is 1.73. The molecule has 1 aromatic heterocycles. The van der Waals surface area contributed by atoms with Gasteiger partial charge in [-0.2, -0.15) is 0 Å². The molecule has 204 valence electrons. The number of carbonyl (C=O) groups excluding carboxylic acids is 2. The second-order valence-electron chi connectivity index (χ2n) is 9.60. The van der Waals surface area contributed by atoms with E-state index in [4.69, 9.17) is 14.2 Å². The Morgan fingerprint density at radius 3 is 2.45 bits per heavy atom. The van der Waals surface area contributed by atoms with Gasteiger partial charge in [-0.25, -0.2) is 13.6 Å². The minimum atomic E-state index is -0.696. The molecule has 2 amide bonds. The Kier molecular flexibility index (Phi) is 9.68. The van der Waals surface area contributed by atoms with Crippen molar-refractivity contribution in [1.29, 1.82) is 0 Å². The molecule has 0 aliphatic heterocycles. The molecular weight excluding hydrogens is 514 g/mol. The number of carbonyl (C=O) groups is 2. The highest BCUT2D eigenvalue weighted by Gasteiger charge is 2.21. The van der Waals surface area contributed by atoms with Gasteiger partial charge in [0.05, 0.1) is 12.0 Å². The van der Waals surface area contributed by atoms with Gasteiger partial charge in [0.1, 0.15) is 23.8 Å². The standard InChI is InChI=1S/C28H32F2N2O5S/c1-18-10-13-38-25(18)26(33)32(12-11-31-27(34)37-28(2,3)4)16-19-6-9-23(24(14-19)35-5)36-17-20-7-8-21(29)15-22(20)30/h6-10,13-15H,11-12,16-17H2,1-5H3,(H,31,34). The number of hydrogen-bond donors (Lipinski definition) is 1. The number of halogens is 2. The van der Waals surface area contributed by atoms with Crippen molar-refractivity contribution in [3.8, 4) is 11.5 Å². The molecule has 7 nitrogen and oxygen atoms in total. The van der Waals surface area contributed by atoms with E-state index in [-0.39, 0.29) is 37.7 Å². The van der Waals surface area contributed by atoms with Crippen LogP contribution in [0.3, 0.4) is 0 Å². The summed E-state index contributed by atoms with van der Waals surface area (Å²) in [7, 11) is 1.48. The number of amides is 2. The van der Waals surface area contributed by atoms with E-state index in [1.54, 1.807) is 43.9 Å². The molecule has 0 spiro atoms. The zero-order chi connectivity index (χ0) is 27.9. The van der Waals surface area contributed by atoms with Gasteiger partial charge in [-0.05, 0) is 74.5 Å². The van der Waals surface area contributed by atoms with E-state index in [1.807, 2.05) is 18.4 Å². The van der Waals surface area contributed by atoms with Gasteiger partial charge in [0.15, 0.2) is 11.5 Å². The third kappa shape index (κ3) is 8.17. The fraction of sp³-hybridized carbons (Fsp3) is 0.357. The topological polar surface area (TPSA) is 77.1 Å². The second kappa shape index (κ2) is 12.7. The van der Waals surface area contributed by atoms with Crippen LogP contribution in [0.1, 0.15) is 47.1 Å². The zero-order valence-corrected chi connectivity index (χ0v) is 22.9. The zero-order valence-electron chi connectivity index (χ0n) is 22.1. The molecule has 3 aromatic rings. The molecule has 1 heterocycles. The van der Waals surface area contributed by atoms with Gasteiger partial charge in [-0.15, -0.1) is 11.3 Å². The summed E-state index contributed by atoms with van der Waals surface area (Å²) < 4.78 is 43.6. The molecule has 0 unspecified atom stereocenters. The van der Waals surface area contributed by atoms with Gasteiger partial charge in [-0.1, -0.05) is 6.07 Å². The number of nitrogens with one attached hydrogen (secondary N) is 1. The first-order valence-electron chi connectivity index (χ1n) is 12.0. The number of alkyl carbamates (subject to hydrolysis) is 1. The van der Waals surface area contributed by atoms with Crippen LogP contribution in [-0.2, 0) is 17.9 Å². The molecule has 0 aliphatic carbocycles. The highest BCUT2D eigenvalue weighted by molar-refractivity contribution is 7.12. The van der Waals surface area contributed by atoms with Crippen molar-refractivity contribution >= 4 is 23.3 Å². The maximum Gasteiger partial charge on any atom is 0.407 e. The summed E-state index contributed by atoms with van der Waals surface area (Å²) in [6.45, 7) is 7.79. The summed E-state index contributed by atoms with van der Waals surface area (Å²) >= 11 is 1.36. The predicted molar refractivity (Wildman–Crippen MR) is 142 cm³/mol. The lowest BCUT2D eigenvalue weighted by Crippen LogP contribution is -2.40. The fourth-order valence-electron chi connectivity index (χ4n) is 3.54. The third-order valence-electron chi connectivity index (χ3n) is 5.39. The van der Waals surface area contributed by atoms with Crippen LogP contribution < -0.4 is 14.8 Å². The van der Waals surface area contributed by atoms with Crippen molar-refractivity contribution in [1.82, 2.24) is 10.2 Å².